The molecule has 2 N–H and O–H groups in total. The number of aliphatic hydroxyl groups is 1. The summed E-state index contributed by atoms with van der Waals surface area (Å²) in [6.45, 7) is 1.67. The van der Waals surface area contributed by atoms with Crippen LogP contribution in [0.1, 0.15) is 36.6 Å². The number of halogens is 5. The number of aromatic nitrogens is 5. The van der Waals surface area contributed by atoms with Gasteiger partial charge in [0.15, 0.2) is 17.3 Å². The zero-order valence-electron chi connectivity index (χ0n) is 21.2. The Morgan fingerprint density at radius 3 is 2.66 bits per heavy atom. The number of likely N-dealkylation sites (tertiary alicyclic amines) is 1. The SMILES string of the molecule is O=C(O)CC1CCCN(CC(O)c2ccc(-c3noc(-c4cnn(-c5ncc(Cl)cc5F)c4C(F)(F)F)n3)cc2)C1. The summed E-state index contributed by atoms with van der Waals surface area (Å²) in [7, 11) is 0. The zero-order chi connectivity index (χ0) is 29.3. The molecule has 1 saturated heterocycles. The van der Waals surface area contributed by atoms with Crippen LogP contribution in [0, 0.1) is 11.7 Å². The van der Waals surface area contributed by atoms with E-state index in [0.717, 1.165) is 37.8 Å². The van der Waals surface area contributed by atoms with E-state index in [4.69, 9.17) is 21.2 Å². The number of pyridine rings is 1. The molecule has 2 atom stereocenters. The first-order valence-electron chi connectivity index (χ1n) is 12.5. The summed E-state index contributed by atoms with van der Waals surface area (Å²) in [5.41, 5.74) is -0.914. The van der Waals surface area contributed by atoms with Crippen LogP contribution in [0.5, 0.6) is 0 Å². The van der Waals surface area contributed by atoms with Crippen LogP contribution >= 0.6 is 11.6 Å². The van der Waals surface area contributed by atoms with E-state index in [1.54, 1.807) is 24.3 Å². The van der Waals surface area contributed by atoms with Crippen molar-refractivity contribution in [2.45, 2.75) is 31.5 Å². The van der Waals surface area contributed by atoms with Crippen molar-refractivity contribution < 1.29 is 37.1 Å². The van der Waals surface area contributed by atoms with Crippen LogP contribution in [0.4, 0.5) is 17.6 Å². The number of hydrogen-bond donors (Lipinski definition) is 2. The molecule has 0 aliphatic carbocycles. The van der Waals surface area contributed by atoms with Gasteiger partial charge in [-0.15, -0.1) is 0 Å². The summed E-state index contributed by atoms with van der Waals surface area (Å²) in [6.07, 6.45) is -2.21. The van der Waals surface area contributed by atoms with Gasteiger partial charge in [-0.3, -0.25) is 4.79 Å². The molecule has 1 aliphatic heterocycles. The number of carboxylic acid groups (broad SMARTS) is 1. The predicted octanol–water partition coefficient (Wildman–Crippen LogP) is 5.02. The first-order chi connectivity index (χ1) is 19.5. The van der Waals surface area contributed by atoms with Crippen LogP contribution < -0.4 is 0 Å². The van der Waals surface area contributed by atoms with Gasteiger partial charge in [0.1, 0.15) is 0 Å². The summed E-state index contributed by atoms with van der Waals surface area (Å²) in [4.78, 5) is 20.8. The topological polar surface area (TPSA) is 130 Å². The molecule has 1 fully saturated rings. The largest absolute Gasteiger partial charge is 0.481 e. The second-order valence-corrected chi connectivity index (χ2v) is 10.1. The van der Waals surface area contributed by atoms with Crippen molar-refractivity contribution in [1.29, 1.82) is 0 Å². The summed E-state index contributed by atoms with van der Waals surface area (Å²) < 4.78 is 61.9. The van der Waals surface area contributed by atoms with Crippen LogP contribution in [-0.2, 0) is 11.0 Å². The highest BCUT2D eigenvalue weighted by Crippen LogP contribution is 2.38. The average Bonchev–Trinajstić information content (AvgIpc) is 3.56. The molecule has 5 rings (SSSR count). The number of β-amino-alcohol motifs (C(OH)–C–C–N with tert-alkyl or cyclic N) is 1. The second kappa shape index (κ2) is 11.5. The molecule has 15 heteroatoms. The summed E-state index contributed by atoms with van der Waals surface area (Å²) in [5.74, 6) is -3.11. The maximum Gasteiger partial charge on any atom is 0.434 e. The molecular weight excluding hydrogens is 572 g/mol. The number of alkyl halides is 3. The lowest BCUT2D eigenvalue weighted by molar-refractivity contribution is -0.142. The van der Waals surface area contributed by atoms with E-state index in [9.17, 15) is 27.5 Å². The highest BCUT2D eigenvalue weighted by Gasteiger charge is 2.41. The van der Waals surface area contributed by atoms with Crippen molar-refractivity contribution in [2.24, 2.45) is 5.92 Å². The third-order valence-corrected chi connectivity index (χ3v) is 6.94. The number of aliphatic hydroxyl groups excluding tert-OH is 1. The summed E-state index contributed by atoms with van der Waals surface area (Å²) in [6, 6.07) is 7.29. The molecule has 1 aliphatic rings. The zero-order valence-corrected chi connectivity index (χ0v) is 22.0. The Balaban J connectivity index is 1.34. The molecule has 4 heterocycles. The number of carbonyl (C=O) groups is 1. The smallest absolute Gasteiger partial charge is 0.434 e. The van der Waals surface area contributed by atoms with Crippen molar-refractivity contribution in [1.82, 2.24) is 29.8 Å². The minimum atomic E-state index is -4.98. The van der Waals surface area contributed by atoms with Crippen molar-refractivity contribution in [3.05, 3.63) is 64.8 Å². The fourth-order valence-corrected chi connectivity index (χ4v) is 5.03. The van der Waals surface area contributed by atoms with Crippen LogP contribution in [0.15, 0.2) is 47.2 Å². The maximum atomic E-state index is 14.4. The number of carboxylic acids is 1. The van der Waals surface area contributed by atoms with Gasteiger partial charge in [0, 0.05) is 31.3 Å². The summed E-state index contributed by atoms with van der Waals surface area (Å²) in [5, 5.41) is 27.1. The van der Waals surface area contributed by atoms with Gasteiger partial charge in [-0.2, -0.15) is 23.3 Å². The molecule has 0 spiro atoms. The molecule has 10 nitrogen and oxygen atoms in total. The summed E-state index contributed by atoms with van der Waals surface area (Å²) >= 11 is 5.67. The quantitative estimate of drug-likeness (QED) is 0.270. The van der Waals surface area contributed by atoms with E-state index in [1.165, 1.54) is 0 Å². The first-order valence-corrected chi connectivity index (χ1v) is 12.9. The molecule has 0 saturated carbocycles. The minimum absolute atomic E-state index is 0.00902. The molecule has 41 heavy (non-hydrogen) atoms. The van der Waals surface area contributed by atoms with Gasteiger partial charge < -0.3 is 19.6 Å². The molecule has 0 bridgehead atoms. The molecule has 3 aromatic heterocycles. The van der Waals surface area contributed by atoms with E-state index in [2.05, 4.69) is 20.2 Å². The molecule has 0 amide bonds. The van der Waals surface area contributed by atoms with Crippen LogP contribution in [0.2, 0.25) is 5.02 Å². The van der Waals surface area contributed by atoms with E-state index in [-0.39, 0.29) is 23.2 Å². The highest BCUT2D eigenvalue weighted by atomic mass is 35.5. The molecule has 0 radical (unpaired) electrons. The van der Waals surface area contributed by atoms with Crippen molar-refractivity contribution in [2.75, 3.05) is 19.6 Å². The van der Waals surface area contributed by atoms with E-state index >= 15 is 0 Å². The Labute approximate surface area is 235 Å². The molecule has 2 unspecified atom stereocenters. The Kier molecular flexibility index (Phi) is 8.07. The molecule has 1 aromatic carbocycles. The molecular formula is C26H23ClF4N6O4. The number of rotatable bonds is 8. The highest BCUT2D eigenvalue weighted by molar-refractivity contribution is 6.30. The van der Waals surface area contributed by atoms with Crippen molar-refractivity contribution in [3.63, 3.8) is 0 Å². The van der Waals surface area contributed by atoms with Gasteiger partial charge in [-0.25, -0.2) is 14.1 Å². The Bertz CT molecular complexity index is 1540. The van der Waals surface area contributed by atoms with Gasteiger partial charge >= 0.3 is 12.1 Å². The van der Waals surface area contributed by atoms with Gasteiger partial charge in [0.05, 0.1) is 22.9 Å². The third-order valence-electron chi connectivity index (χ3n) is 6.73. The number of aliphatic carboxylic acids is 1. The third kappa shape index (κ3) is 6.39. The second-order valence-electron chi connectivity index (χ2n) is 9.70. The van der Waals surface area contributed by atoms with Crippen molar-refractivity contribution >= 4 is 17.6 Å². The minimum Gasteiger partial charge on any atom is -0.481 e. The van der Waals surface area contributed by atoms with Gasteiger partial charge in [-0.05, 0) is 36.9 Å². The van der Waals surface area contributed by atoms with E-state index < -0.39 is 47.0 Å². The molecule has 216 valence electrons. The maximum absolute atomic E-state index is 14.4. The van der Waals surface area contributed by atoms with E-state index in [0.29, 0.717) is 28.9 Å². The van der Waals surface area contributed by atoms with E-state index in [1.807, 2.05) is 4.90 Å². The average molecular weight is 595 g/mol. The van der Waals surface area contributed by atoms with Crippen LogP contribution in [0.25, 0.3) is 28.7 Å². The lowest BCUT2D eigenvalue weighted by atomic mass is 9.94. The van der Waals surface area contributed by atoms with Gasteiger partial charge in [-0.1, -0.05) is 41.0 Å². The number of benzene rings is 1. The Morgan fingerprint density at radius 2 is 1.98 bits per heavy atom. The standard InChI is InChI=1S/C26H23ClF4N6O4/c27-17-9-19(28)24(32-10-17)37-22(26(29,30)31)18(11-33-37)25-34-23(35-41-25)16-5-3-15(4-6-16)20(38)13-36-7-1-2-14(12-36)8-21(39)40/h3-6,9-11,14,20,38H,1-2,7-8,12-13H2,(H,39,40). The normalized spacial score (nSPS) is 17.1. The van der Waals surface area contributed by atoms with Gasteiger partial charge in [0.25, 0.3) is 5.89 Å². The number of nitrogens with zero attached hydrogens (tertiary/aromatic N) is 6. The van der Waals surface area contributed by atoms with Crippen molar-refractivity contribution in [3.8, 4) is 28.7 Å². The predicted molar refractivity (Wildman–Crippen MR) is 136 cm³/mol. The van der Waals surface area contributed by atoms with Crippen LogP contribution in [-0.4, -0.2) is 65.6 Å². The fourth-order valence-electron chi connectivity index (χ4n) is 4.89. The lowest BCUT2D eigenvalue weighted by Gasteiger charge is -2.33. The Hall–Kier alpha value is -3.88. The fraction of sp³-hybridized carbons (Fsp3) is 0.346. The number of piperidine rings is 1. The first kappa shape index (κ1) is 28.6. The number of hydrogen-bond acceptors (Lipinski definition) is 8. The van der Waals surface area contributed by atoms with Crippen LogP contribution in [0.3, 0.4) is 0 Å². The molecule has 4 aromatic rings. The van der Waals surface area contributed by atoms with Gasteiger partial charge in [0.2, 0.25) is 5.82 Å². The lowest BCUT2D eigenvalue weighted by Crippen LogP contribution is -2.38. The Morgan fingerprint density at radius 1 is 1.22 bits per heavy atom. The monoisotopic (exact) mass is 594 g/mol.